The lowest BCUT2D eigenvalue weighted by molar-refractivity contribution is -0.397. The normalized spacial score (nSPS) is 14.2. The van der Waals surface area contributed by atoms with Gasteiger partial charge in [-0.25, -0.2) is 4.79 Å². The highest BCUT2D eigenvalue weighted by Crippen LogP contribution is 2.31. The van der Waals surface area contributed by atoms with Gasteiger partial charge in [0.25, 0.3) is 0 Å². The number of hydrogen-bond donors (Lipinski definition) is 0. The SMILES string of the molecule is CCCN(CCC)C(=O)C1=Cc2ccc(/C(C)=C/C=C(\C)C(=O)[N+](=O)[O-])cc2N=C(C)C1. The Morgan fingerprint density at radius 3 is 2.41 bits per heavy atom. The molecule has 170 valence electrons. The molecule has 0 aliphatic carbocycles. The highest BCUT2D eigenvalue weighted by molar-refractivity contribution is 6.06. The van der Waals surface area contributed by atoms with Gasteiger partial charge in [0, 0.05) is 36.4 Å². The van der Waals surface area contributed by atoms with Crippen LogP contribution in [0.4, 0.5) is 5.69 Å². The van der Waals surface area contributed by atoms with Crippen molar-refractivity contribution in [2.24, 2.45) is 4.99 Å². The van der Waals surface area contributed by atoms with Gasteiger partial charge in [-0.15, -0.1) is 0 Å². The van der Waals surface area contributed by atoms with E-state index < -0.39 is 10.8 Å². The molecule has 0 aromatic heterocycles. The zero-order valence-electron chi connectivity index (χ0n) is 19.5. The van der Waals surface area contributed by atoms with E-state index in [1.54, 1.807) is 6.08 Å². The molecule has 1 aromatic rings. The minimum Gasteiger partial charge on any atom is -0.339 e. The zero-order chi connectivity index (χ0) is 23.8. The third kappa shape index (κ3) is 6.33. The van der Waals surface area contributed by atoms with Crippen molar-refractivity contribution in [1.82, 2.24) is 4.90 Å². The molecule has 2 rings (SSSR count). The van der Waals surface area contributed by atoms with Gasteiger partial charge in [0.2, 0.25) is 5.91 Å². The molecule has 0 fully saturated rings. The van der Waals surface area contributed by atoms with Crippen LogP contribution in [0, 0.1) is 10.1 Å². The number of carbonyl (C=O) groups is 2. The zero-order valence-corrected chi connectivity index (χ0v) is 19.5. The number of benzene rings is 1. The van der Waals surface area contributed by atoms with Gasteiger partial charge in [-0.2, -0.15) is 0 Å². The smallest absolute Gasteiger partial charge is 0.339 e. The first kappa shape index (κ1) is 24.9. The summed E-state index contributed by atoms with van der Waals surface area (Å²) >= 11 is 0. The quantitative estimate of drug-likeness (QED) is 0.237. The summed E-state index contributed by atoms with van der Waals surface area (Å²) in [5.74, 6) is -1.05. The molecule has 0 atom stereocenters. The number of rotatable bonds is 8. The van der Waals surface area contributed by atoms with Crippen LogP contribution in [0.3, 0.4) is 0 Å². The van der Waals surface area contributed by atoms with E-state index in [1.807, 2.05) is 43.0 Å². The predicted molar refractivity (Wildman–Crippen MR) is 128 cm³/mol. The Hall–Kier alpha value is -3.35. The second-order valence-corrected chi connectivity index (χ2v) is 8.02. The van der Waals surface area contributed by atoms with Crippen molar-refractivity contribution in [3.05, 3.63) is 62.7 Å². The molecular formula is C25H31N3O4. The van der Waals surface area contributed by atoms with Crippen molar-refractivity contribution in [3.63, 3.8) is 0 Å². The van der Waals surface area contributed by atoms with E-state index in [0.717, 1.165) is 59.6 Å². The van der Waals surface area contributed by atoms with Crippen molar-refractivity contribution in [2.45, 2.75) is 53.9 Å². The van der Waals surface area contributed by atoms with Gasteiger partial charge < -0.3 is 4.90 Å². The number of carbonyl (C=O) groups excluding carboxylic acids is 2. The summed E-state index contributed by atoms with van der Waals surface area (Å²) in [6, 6.07) is 5.79. The fourth-order valence-electron chi connectivity index (χ4n) is 3.52. The first-order chi connectivity index (χ1) is 15.2. The van der Waals surface area contributed by atoms with E-state index in [-0.39, 0.29) is 11.5 Å². The maximum atomic E-state index is 13.1. The number of fused-ring (bicyclic) bond motifs is 1. The summed E-state index contributed by atoms with van der Waals surface area (Å²) in [6.07, 6.45) is 7.40. The molecule has 1 aliphatic rings. The van der Waals surface area contributed by atoms with Gasteiger partial charge in [0.05, 0.1) is 11.3 Å². The maximum Gasteiger partial charge on any atom is 0.472 e. The second-order valence-electron chi connectivity index (χ2n) is 8.02. The number of allylic oxidation sites excluding steroid dienone is 3. The van der Waals surface area contributed by atoms with Crippen molar-refractivity contribution in [1.29, 1.82) is 0 Å². The summed E-state index contributed by atoms with van der Waals surface area (Å²) in [5.41, 5.74) is 5.05. The van der Waals surface area contributed by atoms with Gasteiger partial charge >= 0.3 is 5.91 Å². The Balaban J connectivity index is 2.38. The highest BCUT2D eigenvalue weighted by Gasteiger charge is 2.20. The lowest BCUT2D eigenvalue weighted by atomic mass is 10.0. The molecule has 1 heterocycles. The lowest BCUT2D eigenvalue weighted by Gasteiger charge is -2.22. The van der Waals surface area contributed by atoms with Gasteiger partial charge in [-0.1, -0.05) is 32.1 Å². The van der Waals surface area contributed by atoms with E-state index in [4.69, 9.17) is 4.99 Å². The summed E-state index contributed by atoms with van der Waals surface area (Å²) in [4.78, 5) is 40.9. The van der Waals surface area contributed by atoms with E-state index in [9.17, 15) is 19.7 Å². The van der Waals surface area contributed by atoms with Crippen LogP contribution < -0.4 is 0 Å². The number of hydrogen-bond acceptors (Lipinski definition) is 5. The third-order valence-corrected chi connectivity index (χ3v) is 5.21. The third-order valence-electron chi connectivity index (χ3n) is 5.21. The molecule has 7 heteroatoms. The van der Waals surface area contributed by atoms with Crippen LogP contribution in [0.5, 0.6) is 0 Å². The average molecular weight is 438 g/mol. The lowest BCUT2D eigenvalue weighted by Crippen LogP contribution is -2.33. The van der Waals surface area contributed by atoms with Crippen LogP contribution in [0.2, 0.25) is 0 Å². The Morgan fingerprint density at radius 2 is 1.81 bits per heavy atom. The number of amides is 2. The molecule has 0 bridgehead atoms. The molecule has 0 spiro atoms. The fourth-order valence-corrected chi connectivity index (χ4v) is 3.52. The van der Waals surface area contributed by atoms with Crippen LogP contribution in [0.15, 0.2) is 46.5 Å². The van der Waals surface area contributed by atoms with Crippen molar-refractivity contribution in [3.8, 4) is 0 Å². The van der Waals surface area contributed by atoms with Crippen LogP contribution >= 0.6 is 0 Å². The Kier molecular flexibility index (Phi) is 8.81. The summed E-state index contributed by atoms with van der Waals surface area (Å²) in [7, 11) is 0. The van der Waals surface area contributed by atoms with Gasteiger partial charge in [-0.3, -0.25) is 19.9 Å². The van der Waals surface area contributed by atoms with E-state index in [0.29, 0.717) is 6.42 Å². The fraction of sp³-hybridized carbons (Fsp3) is 0.400. The minimum atomic E-state index is -1.11. The molecule has 0 saturated heterocycles. The number of aliphatic imine (C=N–C) groups is 1. The molecular weight excluding hydrogens is 406 g/mol. The summed E-state index contributed by atoms with van der Waals surface area (Å²) in [5, 5.41) is 10.6. The van der Waals surface area contributed by atoms with E-state index >= 15 is 0 Å². The first-order valence-electron chi connectivity index (χ1n) is 10.9. The van der Waals surface area contributed by atoms with Gasteiger partial charge in [0.1, 0.15) is 4.92 Å². The number of nitrogens with zero attached hydrogens (tertiary/aromatic N) is 3. The van der Waals surface area contributed by atoms with Crippen molar-refractivity contribution in [2.75, 3.05) is 13.1 Å². The number of nitro groups is 1. The topological polar surface area (TPSA) is 92.9 Å². The molecule has 32 heavy (non-hydrogen) atoms. The molecule has 0 unspecified atom stereocenters. The predicted octanol–water partition coefficient (Wildman–Crippen LogP) is 5.37. The monoisotopic (exact) mass is 437 g/mol. The molecule has 0 N–H and O–H groups in total. The van der Waals surface area contributed by atoms with Crippen molar-refractivity contribution >= 4 is 34.9 Å². The first-order valence-corrected chi connectivity index (χ1v) is 10.9. The van der Waals surface area contributed by atoms with Crippen LogP contribution in [-0.4, -0.2) is 40.4 Å². The maximum absolute atomic E-state index is 13.1. The van der Waals surface area contributed by atoms with Crippen LogP contribution in [-0.2, 0) is 9.59 Å². The minimum absolute atomic E-state index is 0.0623. The Bertz CT molecular complexity index is 1030. The Labute approximate surface area is 189 Å². The van der Waals surface area contributed by atoms with Crippen LogP contribution in [0.25, 0.3) is 11.6 Å². The molecule has 1 aliphatic heterocycles. The van der Waals surface area contributed by atoms with E-state index in [2.05, 4.69) is 13.8 Å². The standard InChI is InChI=1S/C25H31N3O4/c1-6-12-27(13-7-2)25(30)22-14-19(5)26-23-16-20(10-11-21(23)15-22)17(3)8-9-18(4)24(29)28(31)32/h8-11,15-16H,6-7,12-14H2,1-5H3/b17-8+,18-9+. The molecule has 2 amide bonds. The molecule has 0 radical (unpaired) electrons. The van der Waals surface area contributed by atoms with Gasteiger partial charge in [-0.05, 0) is 63.0 Å². The largest absolute Gasteiger partial charge is 0.472 e. The molecule has 1 aromatic carbocycles. The van der Waals surface area contributed by atoms with Crippen LogP contribution in [0.1, 0.15) is 65.0 Å². The van der Waals surface area contributed by atoms with E-state index in [1.165, 1.54) is 13.0 Å². The van der Waals surface area contributed by atoms with Gasteiger partial charge in [0.15, 0.2) is 0 Å². The van der Waals surface area contributed by atoms with Crippen molar-refractivity contribution < 1.29 is 14.5 Å². The second kappa shape index (κ2) is 11.3. The molecule has 0 saturated carbocycles. The summed E-state index contributed by atoms with van der Waals surface area (Å²) in [6.45, 7) is 10.8. The Morgan fingerprint density at radius 1 is 1.16 bits per heavy atom. The molecule has 7 nitrogen and oxygen atoms in total. The average Bonchev–Trinajstić information content (AvgIpc) is 2.93. The summed E-state index contributed by atoms with van der Waals surface area (Å²) < 4.78 is 0. The highest BCUT2D eigenvalue weighted by atomic mass is 16.6.